The Bertz CT molecular complexity index is 345. The number of aromatic nitrogens is 2. The molecule has 2 rings (SSSR count). The van der Waals surface area contributed by atoms with Gasteiger partial charge in [0.05, 0.1) is 0 Å². The second kappa shape index (κ2) is 4.25. The third-order valence-electron chi connectivity index (χ3n) is 2.47. The fraction of sp³-hybridized carbons (Fsp3) is 0.500. The topological polar surface area (TPSA) is 80.9 Å². The second-order valence-corrected chi connectivity index (χ2v) is 3.83. The van der Waals surface area contributed by atoms with E-state index in [9.17, 15) is 4.79 Å². The number of hydrogen-bond donors (Lipinski definition) is 2. The molecule has 5 heteroatoms. The largest absolute Gasteiger partial charge is 0.369 e. The Morgan fingerprint density at radius 3 is 2.80 bits per heavy atom. The van der Waals surface area contributed by atoms with Crippen LogP contribution in [0.3, 0.4) is 0 Å². The van der Waals surface area contributed by atoms with E-state index in [1.807, 2.05) is 0 Å². The quantitative estimate of drug-likeness (QED) is 0.746. The van der Waals surface area contributed by atoms with Crippen molar-refractivity contribution in [3.8, 4) is 0 Å². The Balaban J connectivity index is 1.83. The lowest BCUT2D eigenvalue weighted by atomic mass is 10.3. The van der Waals surface area contributed by atoms with Crippen molar-refractivity contribution in [1.82, 2.24) is 10.2 Å². The standard InChI is InChI=1S/C10H14N4O/c11-10(15)8-3-4-9(14-13-8)12-6-5-7-1-2-7/h3-4,7H,1-2,5-6H2,(H2,11,15)(H,12,14). The predicted octanol–water partition coefficient (Wildman–Crippen LogP) is 0.787. The molecule has 1 aromatic rings. The number of rotatable bonds is 5. The zero-order chi connectivity index (χ0) is 10.7. The monoisotopic (exact) mass is 206 g/mol. The van der Waals surface area contributed by atoms with Crippen LogP contribution in [0.25, 0.3) is 0 Å². The highest BCUT2D eigenvalue weighted by atomic mass is 16.1. The van der Waals surface area contributed by atoms with E-state index in [0.717, 1.165) is 12.5 Å². The van der Waals surface area contributed by atoms with E-state index in [2.05, 4.69) is 15.5 Å². The van der Waals surface area contributed by atoms with Gasteiger partial charge in [0, 0.05) is 6.54 Å². The van der Waals surface area contributed by atoms with E-state index in [0.29, 0.717) is 5.82 Å². The van der Waals surface area contributed by atoms with Crippen LogP contribution in [0, 0.1) is 5.92 Å². The number of anilines is 1. The number of carbonyl (C=O) groups excluding carboxylic acids is 1. The van der Waals surface area contributed by atoms with Crippen molar-refractivity contribution in [2.24, 2.45) is 11.7 Å². The molecule has 1 fully saturated rings. The van der Waals surface area contributed by atoms with Crippen molar-refractivity contribution in [2.45, 2.75) is 19.3 Å². The van der Waals surface area contributed by atoms with E-state index in [1.165, 1.54) is 19.3 Å². The molecule has 1 amide bonds. The molecule has 80 valence electrons. The summed E-state index contributed by atoms with van der Waals surface area (Å²) < 4.78 is 0. The molecule has 0 atom stereocenters. The first-order valence-corrected chi connectivity index (χ1v) is 5.13. The molecule has 1 heterocycles. The molecule has 15 heavy (non-hydrogen) atoms. The average molecular weight is 206 g/mol. The number of primary amides is 1. The van der Waals surface area contributed by atoms with E-state index in [1.54, 1.807) is 12.1 Å². The molecular weight excluding hydrogens is 192 g/mol. The maximum atomic E-state index is 10.7. The molecular formula is C10H14N4O. The molecule has 3 N–H and O–H groups in total. The highest BCUT2D eigenvalue weighted by molar-refractivity contribution is 5.90. The highest BCUT2D eigenvalue weighted by Gasteiger charge is 2.20. The van der Waals surface area contributed by atoms with Crippen LogP contribution in [0.4, 0.5) is 5.82 Å². The van der Waals surface area contributed by atoms with Crippen LogP contribution >= 0.6 is 0 Å². The molecule has 0 saturated heterocycles. The summed E-state index contributed by atoms with van der Waals surface area (Å²) in [5.41, 5.74) is 5.25. The first kappa shape index (κ1) is 9.89. The van der Waals surface area contributed by atoms with Gasteiger partial charge in [-0.15, -0.1) is 10.2 Å². The summed E-state index contributed by atoms with van der Waals surface area (Å²) in [6.07, 6.45) is 3.89. The van der Waals surface area contributed by atoms with Crippen molar-refractivity contribution in [2.75, 3.05) is 11.9 Å². The van der Waals surface area contributed by atoms with Gasteiger partial charge in [-0.1, -0.05) is 12.8 Å². The van der Waals surface area contributed by atoms with Crippen molar-refractivity contribution in [1.29, 1.82) is 0 Å². The average Bonchev–Trinajstić information content (AvgIpc) is 3.02. The van der Waals surface area contributed by atoms with Gasteiger partial charge < -0.3 is 11.1 Å². The van der Waals surface area contributed by atoms with Crippen LogP contribution in [0.1, 0.15) is 29.8 Å². The Morgan fingerprint density at radius 2 is 2.27 bits per heavy atom. The molecule has 0 aromatic carbocycles. The second-order valence-electron chi connectivity index (χ2n) is 3.83. The third-order valence-corrected chi connectivity index (χ3v) is 2.47. The summed E-state index contributed by atoms with van der Waals surface area (Å²) in [5.74, 6) is 1.04. The van der Waals surface area contributed by atoms with Gasteiger partial charge in [-0.2, -0.15) is 0 Å². The fourth-order valence-electron chi connectivity index (χ4n) is 1.37. The van der Waals surface area contributed by atoms with Gasteiger partial charge in [-0.05, 0) is 24.5 Å². The summed E-state index contributed by atoms with van der Waals surface area (Å²) in [7, 11) is 0. The van der Waals surface area contributed by atoms with Crippen LogP contribution in [0.15, 0.2) is 12.1 Å². The maximum Gasteiger partial charge on any atom is 0.269 e. The number of nitrogens with one attached hydrogen (secondary N) is 1. The number of hydrogen-bond acceptors (Lipinski definition) is 4. The predicted molar refractivity (Wildman–Crippen MR) is 56.4 cm³/mol. The molecule has 0 spiro atoms. The summed E-state index contributed by atoms with van der Waals surface area (Å²) in [5, 5.41) is 10.7. The molecule has 0 unspecified atom stereocenters. The molecule has 0 aliphatic heterocycles. The third kappa shape index (κ3) is 2.90. The summed E-state index contributed by atoms with van der Waals surface area (Å²) in [6, 6.07) is 3.30. The van der Waals surface area contributed by atoms with Crippen molar-refractivity contribution < 1.29 is 4.79 Å². The number of carbonyl (C=O) groups is 1. The van der Waals surface area contributed by atoms with Crippen LogP contribution in [-0.2, 0) is 0 Å². The van der Waals surface area contributed by atoms with E-state index >= 15 is 0 Å². The van der Waals surface area contributed by atoms with Gasteiger partial charge in [0.2, 0.25) is 0 Å². The Labute approximate surface area is 88.1 Å². The number of nitrogens with zero attached hydrogens (tertiary/aromatic N) is 2. The normalized spacial score (nSPS) is 14.9. The zero-order valence-corrected chi connectivity index (χ0v) is 8.44. The Kier molecular flexibility index (Phi) is 2.80. The van der Waals surface area contributed by atoms with Crippen molar-refractivity contribution in [3.63, 3.8) is 0 Å². The molecule has 1 saturated carbocycles. The van der Waals surface area contributed by atoms with Crippen LogP contribution in [0.5, 0.6) is 0 Å². The first-order valence-electron chi connectivity index (χ1n) is 5.13. The Hall–Kier alpha value is -1.65. The maximum absolute atomic E-state index is 10.7. The van der Waals surface area contributed by atoms with Gasteiger partial charge in [0.1, 0.15) is 5.82 Å². The molecule has 1 aromatic heterocycles. The smallest absolute Gasteiger partial charge is 0.269 e. The van der Waals surface area contributed by atoms with Gasteiger partial charge in [-0.25, -0.2) is 0 Å². The zero-order valence-electron chi connectivity index (χ0n) is 8.44. The van der Waals surface area contributed by atoms with E-state index in [4.69, 9.17) is 5.73 Å². The van der Waals surface area contributed by atoms with Crippen LogP contribution in [-0.4, -0.2) is 22.6 Å². The van der Waals surface area contributed by atoms with Gasteiger partial charge >= 0.3 is 0 Å². The minimum absolute atomic E-state index is 0.197. The van der Waals surface area contributed by atoms with E-state index in [-0.39, 0.29) is 5.69 Å². The van der Waals surface area contributed by atoms with Crippen molar-refractivity contribution in [3.05, 3.63) is 17.8 Å². The summed E-state index contributed by atoms with van der Waals surface area (Å²) >= 11 is 0. The molecule has 1 aliphatic rings. The molecule has 5 nitrogen and oxygen atoms in total. The Morgan fingerprint density at radius 1 is 1.47 bits per heavy atom. The summed E-state index contributed by atoms with van der Waals surface area (Å²) in [4.78, 5) is 10.7. The number of nitrogens with two attached hydrogens (primary N) is 1. The SMILES string of the molecule is NC(=O)c1ccc(NCCC2CC2)nn1. The van der Waals surface area contributed by atoms with Gasteiger partial charge in [0.25, 0.3) is 5.91 Å². The molecule has 1 aliphatic carbocycles. The first-order chi connectivity index (χ1) is 7.25. The molecule has 0 radical (unpaired) electrons. The molecule has 0 bridgehead atoms. The van der Waals surface area contributed by atoms with Crippen LogP contribution < -0.4 is 11.1 Å². The van der Waals surface area contributed by atoms with Crippen LogP contribution in [0.2, 0.25) is 0 Å². The fourth-order valence-corrected chi connectivity index (χ4v) is 1.37. The van der Waals surface area contributed by atoms with Gasteiger partial charge in [-0.3, -0.25) is 4.79 Å². The summed E-state index contributed by atoms with van der Waals surface area (Å²) in [6.45, 7) is 0.912. The lowest BCUT2D eigenvalue weighted by molar-refractivity contribution is 0.0994. The van der Waals surface area contributed by atoms with Crippen molar-refractivity contribution >= 4 is 11.7 Å². The van der Waals surface area contributed by atoms with E-state index < -0.39 is 5.91 Å². The minimum atomic E-state index is -0.549. The van der Waals surface area contributed by atoms with Gasteiger partial charge in [0.15, 0.2) is 5.69 Å². The lowest BCUT2D eigenvalue weighted by Gasteiger charge is -2.03. The minimum Gasteiger partial charge on any atom is -0.369 e. The highest BCUT2D eigenvalue weighted by Crippen LogP contribution is 2.31. The lowest BCUT2D eigenvalue weighted by Crippen LogP contribution is -2.14. The number of amides is 1.